The Labute approximate surface area is 173 Å². The molecule has 0 spiro atoms. The third-order valence-corrected chi connectivity index (χ3v) is 4.36. The smallest absolute Gasteiger partial charge is 0.255 e. The van der Waals surface area contributed by atoms with E-state index in [1.807, 2.05) is 31.2 Å². The molecule has 30 heavy (non-hydrogen) atoms. The van der Waals surface area contributed by atoms with Gasteiger partial charge in [-0.3, -0.25) is 4.79 Å². The van der Waals surface area contributed by atoms with Crippen molar-refractivity contribution in [2.75, 3.05) is 5.32 Å². The normalized spacial score (nSPS) is 10.5. The second-order valence-electron chi connectivity index (χ2n) is 6.68. The number of ether oxygens (including phenoxy) is 1. The Morgan fingerprint density at radius 2 is 1.73 bits per heavy atom. The van der Waals surface area contributed by atoms with E-state index in [1.54, 1.807) is 48.7 Å². The molecule has 0 aliphatic rings. The maximum Gasteiger partial charge on any atom is 0.255 e. The second kappa shape index (κ2) is 8.53. The summed E-state index contributed by atoms with van der Waals surface area (Å²) in [5.41, 5.74) is 2.97. The summed E-state index contributed by atoms with van der Waals surface area (Å²) in [4.78, 5) is 21.1. The zero-order valence-corrected chi connectivity index (χ0v) is 16.2. The van der Waals surface area contributed by atoms with Crippen LogP contribution in [0.15, 0.2) is 85.1 Å². The second-order valence-corrected chi connectivity index (χ2v) is 6.68. The van der Waals surface area contributed by atoms with E-state index in [0.717, 1.165) is 11.3 Å². The molecule has 1 aromatic heterocycles. The van der Waals surface area contributed by atoms with Gasteiger partial charge in [-0.15, -0.1) is 0 Å². The van der Waals surface area contributed by atoms with Crippen molar-refractivity contribution < 1.29 is 13.9 Å². The summed E-state index contributed by atoms with van der Waals surface area (Å²) in [5, 5.41) is 2.86. The SMILES string of the molecule is Cc1ccc(NC(=O)c2cccc(Oc3ccnc(-c4ccc(F)cc4)n3)c2)cc1. The minimum atomic E-state index is -0.327. The van der Waals surface area contributed by atoms with Crippen molar-refractivity contribution in [2.24, 2.45) is 0 Å². The van der Waals surface area contributed by atoms with Gasteiger partial charge >= 0.3 is 0 Å². The maximum absolute atomic E-state index is 13.1. The van der Waals surface area contributed by atoms with Crippen LogP contribution < -0.4 is 10.1 Å². The largest absolute Gasteiger partial charge is 0.439 e. The van der Waals surface area contributed by atoms with Gasteiger partial charge in [-0.05, 0) is 61.5 Å². The van der Waals surface area contributed by atoms with Gasteiger partial charge in [0.15, 0.2) is 5.82 Å². The number of anilines is 1. The zero-order valence-electron chi connectivity index (χ0n) is 16.2. The molecule has 0 aliphatic carbocycles. The lowest BCUT2D eigenvalue weighted by Gasteiger charge is -2.09. The molecule has 4 aromatic rings. The Balaban J connectivity index is 1.50. The maximum atomic E-state index is 13.1. The molecule has 1 amide bonds. The van der Waals surface area contributed by atoms with E-state index in [1.165, 1.54) is 12.1 Å². The van der Waals surface area contributed by atoms with Crippen molar-refractivity contribution in [3.63, 3.8) is 0 Å². The van der Waals surface area contributed by atoms with Crippen LogP contribution in [0, 0.1) is 12.7 Å². The molecule has 0 saturated carbocycles. The summed E-state index contributed by atoms with van der Waals surface area (Å²) in [6.07, 6.45) is 1.56. The minimum absolute atomic E-state index is 0.237. The minimum Gasteiger partial charge on any atom is -0.439 e. The van der Waals surface area contributed by atoms with E-state index < -0.39 is 0 Å². The van der Waals surface area contributed by atoms with Crippen LogP contribution in [0.4, 0.5) is 10.1 Å². The molecule has 1 N–H and O–H groups in total. The summed E-state index contributed by atoms with van der Waals surface area (Å²) in [7, 11) is 0. The number of nitrogens with zero attached hydrogens (tertiary/aromatic N) is 2. The monoisotopic (exact) mass is 399 g/mol. The average molecular weight is 399 g/mol. The zero-order chi connectivity index (χ0) is 20.9. The van der Waals surface area contributed by atoms with Gasteiger partial charge in [-0.25, -0.2) is 9.37 Å². The molecule has 148 valence electrons. The first-order chi connectivity index (χ1) is 14.6. The van der Waals surface area contributed by atoms with E-state index in [-0.39, 0.29) is 11.7 Å². The molecular weight excluding hydrogens is 381 g/mol. The fraction of sp³-hybridized carbons (Fsp3) is 0.0417. The van der Waals surface area contributed by atoms with Gasteiger partial charge in [0.1, 0.15) is 11.6 Å². The number of aromatic nitrogens is 2. The van der Waals surface area contributed by atoms with E-state index >= 15 is 0 Å². The molecule has 0 fully saturated rings. The molecule has 0 bridgehead atoms. The predicted molar refractivity (Wildman–Crippen MR) is 113 cm³/mol. The first-order valence-electron chi connectivity index (χ1n) is 9.32. The summed E-state index contributed by atoms with van der Waals surface area (Å²) in [6.45, 7) is 1.99. The quantitative estimate of drug-likeness (QED) is 0.472. The molecule has 5 nitrogen and oxygen atoms in total. The van der Waals surface area contributed by atoms with Crippen molar-refractivity contribution in [1.82, 2.24) is 9.97 Å². The lowest BCUT2D eigenvalue weighted by atomic mass is 10.2. The van der Waals surface area contributed by atoms with Gasteiger partial charge in [0.05, 0.1) is 0 Å². The molecule has 0 aliphatic heterocycles. The Hall–Kier alpha value is -4.06. The topological polar surface area (TPSA) is 64.1 Å². The van der Waals surface area contributed by atoms with Crippen molar-refractivity contribution in [1.29, 1.82) is 0 Å². The van der Waals surface area contributed by atoms with Crippen molar-refractivity contribution in [3.05, 3.63) is 102 Å². The van der Waals surface area contributed by atoms with Gasteiger partial charge in [0.2, 0.25) is 5.88 Å². The first kappa shape index (κ1) is 19.3. The third-order valence-electron chi connectivity index (χ3n) is 4.36. The summed E-state index contributed by atoms with van der Waals surface area (Å²) in [6, 6.07) is 21.9. The number of benzene rings is 3. The van der Waals surface area contributed by atoms with Gasteiger partial charge in [0.25, 0.3) is 5.91 Å². The van der Waals surface area contributed by atoms with Crippen molar-refractivity contribution >= 4 is 11.6 Å². The molecule has 0 unspecified atom stereocenters. The fourth-order valence-electron chi connectivity index (χ4n) is 2.80. The average Bonchev–Trinajstić information content (AvgIpc) is 2.76. The summed E-state index contributed by atoms with van der Waals surface area (Å²) < 4.78 is 18.9. The van der Waals surface area contributed by atoms with Crippen LogP contribution in [-0.4, -0.2) is 15.9 Å². The number of carbonyl (C=O) groups is 1. The van der Waals surface area contributed by atoms with E-state index in [2.05, 4.69) is 15.3 Å². The van der Waals surface area contributed by atoms with Crippen molar-refractivity contribution in [3.8, 4) is 23.0 Å². The van der Waals surface area contributed by atoms with Gasteiger partial charge in [-0.1, -0.05) is 23.8 Å². The number of hydrogen-bond donors (Lipinski definition) is 1. The Kier molecular flexibility index (Phi) is 5.48. The van der Waals surface area contributed by atoms with Crippen LogP contribution in [0.5, 0.6) is 11.6 Å². The number of nitrogens with one attached hydrogen (secondary N) is 1. The van der Waals surface area contributed by atoms with Gasteiger partial charge < -0.3 is 10.1 Å². The fourth-order valence-corrected chi connectivity index (χ4v) is 2.80. The molecule has 6 heteroatoms. The molecule has 0 atom stereocenters. The highest BCUT2D eigenvalue weighted by molar-refractivity contribution is 6.04. The summed E-state index contributed by atoms with van der Waals surface area (Å²) in [5.74, 6) is 0.641. The Morgan fingerprint density at radius 3 is 2.50 bits per heavy atom. The highest BCUT2D eigenvalue weighted by Gasteiger charge is 2.09. The van der Waals surface area contributed by atoms with Crippen LogP contribution in [-0.2, 0) is 0 Å². The van der Waals surface area contributed by atoms with E-state index in [9.17, 15) is 9.18 Å². The van der Waals surface area contributed by atoms with Gasteiger partial charge in [-0.2, -0.15) is 4.98 Å². The van der Waals surface area contributed by atoms with E-state index in [4.69, 9.17) is 4.74 Å². The number of amides is 1. The number of carbonyl (C=O) groups excluding carboxylic acids is 1. The Bertz CT molecular complexity index is 1180. The van der Waals surface area contributed by atoms with Crippen LogP contribution in [0.1, 0.15) is 15.9 Å². The summed E-state index contributed by atoms with van der Waals surface area (Å²) >= 11 is 0. The molecule has 0 radical (unpaired) electrons. The van der Waals surface area contributed by atoms with Crippen LogP contribution >= 0.6 is 0 Å². The number of hydrogen-bond acceptors (Lipinski definition) is 4. The van der Waals surface area contributed by atoms with Crippen LogP contribution in [0.3, 0.4) is 0 Å². The molecular formula is C24H18FN3O2. The van der Waals surface area contributed by atoms with Crippen molar-refractivity contribution in [2.45, 2.75) is 6.92 Å². The lowest BCUT2D eigenvalue weighted by Crippen LogP contribution is -2.11. The molecule has 0 saturated heterocycles. The number of halogens is 1. The highest BCUT2D eigenvalue weighted by atomic mass is 19.1. The third kappa shape index (κ3) is 4.67. The van der Waals surface area contributed by atoms with Crippen LogP contribution in [0.25, 0.3) is 11.4 Å². The lowest BCUT2D eigenvalue weighted by molar-refractivity contribution is 0.102. The highest BCUT2D eigenvalue weighted by Crippen LogP contribution is 2.23. The molecule has 1 heterocycles. The van der Waals surface area contributed by atoms with Crippen LogP contribution in [0.2, 0.25) is 0 Å². The molecule has 3 aromatic carbocycles. The number of aryl methyl sites for hydroxylation is 1. The number of rotatable bonds is 5. The predicted octanol–water partition coefficient (Wildman–Crippen LogP) is 5.64. The van der Waals surface area contributed by atoms with Gasteiger partial charge in [0, 0.05) is 29.1 Å². The standard InChI is InChI=1S/C24H18FN3O2/c1-16-5-11-20(12-6-16)27-24(29)18-3-2-4-21(15-18)30-22-13-14-26-23(28-22)17-7-9-19(25)10-8-17/h2-15H,1H3,(H,27,29). The van der Waals surface area contributed by atoms with E-state index in [0.29, 0.717) is 28.6 Å². The first-order valence-corrected chi connectivity index (χ1v) is 9.32. The Morgan fingerprint density at radius 1 is 0.967 bits per heavy atom. The molecule has 4 rings (SSSR count).